The molecule has 0 atom stereocenters. The van der Waals surface area contributed by atoms with E-state index in [1.165, 1.54) is 25.3 Å². The lowest BCUT2D eigenvalue weighted by Crippen LogP contribution is -2.07. The molecule has 0 bridgehead atoms. The van der Waals surface area contributed by atoms with Gasteiger partial charge in [0.1, 0.15) is 18.2 Å². The third-order valence-corrected chi connectivity index (χ3v) is 4.70. The van der Waals surface area contributed by atoms with Crippen molar-refractivity contribution in [1.29, 1.82) is 0 Å². The predicted molar refractivity (Wildman–Crippen MR) is 110 cm³/mol. The fourth-order valence-electron chi connectivity index (χ4n) is 3.01. The van der Waals surface area contributed by atoms with Crippen LogP contribution in [0, 0.1) is 5.82 Å². The molecule has 0 amide bonds. The van der Waals surface area contributed by atoms with Gasteiger partial charge in [-0.15, -0.1) is 0 Å². The fourth-order valence-corrected chi connectivity index (χ4v) is 3.01. The Balaban J connectivity index is 1.49. The van der Waals surface area contributed by atoms with Crippen LogP contribution >= 0.6 is 0 Å². The van der Waals surface area contributed by atoms with E-state index in [2.05, 4.69) is 15.0 Å². The largest absolute Gasteiger partial charge is 0.493 e. The number of nitrogens with one attached hydrogen (secondary N) is 1. The summed E-state index contributed by atoms with van der Waals surface area (Å²) in [6, 6.07) is 13.4. The summed E-state index contributed by atoms with van der Waals surface area (Å²) in [5.74, 6) is 1.11. The first-order valence-electron chi connectivity index (χ1n) is 9.48. The highest BCUT2D eigenvalue weighted by atomic mass is 19.4. The second-order valence-corrected chi connectivity index (χ2v) is 6.84. The second kappa shape index (κ2) is 8.70. The number of aromatic nitrogens is 3. The Morgan fingerprint density at radius 2 is 1.62 bits per heavy atom. The maximum atomic E-state index is 13.1. The lowest BCUT2D eigenvalue weighted by molar-refractivity contribution is -0.137. The Bertz CT molecular complexity index is 1200. The molecule has 0 unspecified atom stereocenters. The molecule has 1 N–H and O–H groups in total. The third-order valence-electron chi connectivity index (χ3n) is 4.70. The van der Waals surface area contributed by atoms with E-state index in [1.54, 1.807) is 36.5 Å². The molecule has 0 saturated heterocycles. The summed E-state index contributed by atoms with van der Waals surface area (Å²) in [5, 5.41) is 0. The summed E-state index contributed by atoms with van der Waals surface area (Å²) < 4.78 is 62.2. The van der Waals surface area contributed by atoms with Gasteiger partial charge in [-0.2, -0.15) is 13.2 Å². The summed E-state index contributed by atoms with van der Waals surface area (Å²) >= 11 is 0. The Morgan fingerprint density at radius 3 is 2.28 bits per heavy atom. The van der Waals surface area contributed by atoms with E-state index in [0.717, 1.165) is 29.1 Å². The monoisotopic (exact) mass is 443 g/mol. The standard InChI is InChI=1S/C23H17F4N3O2/c1-31-21-10-15(19-12-29-22(30-19)14-2-6-17(24)7-3-14)4-9-20(21)32-13-18-8-5-16(11-28-18)23(25,26)27/h2-12H,13H2,1H3,(H,29,30). The topological polar surface area (TPSA) is 60.0 Å². The molecule has 0 saturated carbocycles. The highest BCUT2D eigenvalue weighted by Crippen LogP contribution is 2.33. The van der Waals surface area contributed by atoms with Crippen molar-refractivity contribution in [2.75, 3.05) is 7.11 Å². The summed E-state index contributed by atoms with van der Waals surface area (Å²) in [6.07, 6.45) is -2.01. The van der Waals surface area contributed by atoms with E-state index in [0.29, 0.717) is 23.0 Å². The number of hydrogen-bond donors (Lipinski definition) is 1. The van der Waals surface area contributed by atoms with Gasteiger partial charge in [-0.3, -0.25) is 4.98 Å². The van der Waals surface area contributed by atoms with Gasteiger partial charge in [0.05, 0.1) is 30.3 Å². The summed E-state index contributed by atoms with van der Waals surface area (Å²) in [5.41, 5.74) is 1.78. The zero-order chi connectivity index (χ0) is 22.7. The molecule has 0 aliphatic heterocycles. The molecule has 0 radical (unpaired) electrons. The predicted octanol–water partition coefficient (Wildman–Crippen LogP) is 5.88. The van der Waals surface area contributed by atoms with E-state index in [1.807, 2.05) is 0 Å². The van der Waals surface area contributed by atoms with Crippen LogP contribution in [-0.4, -0.2) is 22.1 Å². The van der Waals surface area contributed by atoms with Gasteiger partial charge in [-0.05, 0) is 54.6 Å². The van der Waals surface area contributed by atoms with Crippen molar-refractivity contribution in [3.8, 4) is 34.1 Å². The molecule has 2 aromatic heterocycles. The number of pyridine rings is 1. The number of benzene rings is 2. The maximum absolute atomic E-state index is 13.1. The van der Waals surface area contributed by atoms with Crippen molar-refractivity contribution in [3.05, 3.63) is 84.1 Å². The van der Waals surface area contributed by atoms with Crippen LogP contribution in [-0.2, 0) is 12.8 Å². The second-order valence-electron chi connectivity index (χ2n) is 6.84. The molecule has 4 rings (SSSR count). The van der Waals surface area contributed by atoms with E-state index in [4.69, 9.17) is 9.47 Å². The van der Waals surface area contributed by atoms with Crippen LogP contribution in [0.5, 0.6) is 11.5 Å². The molecule has 2 heterocycles. The smallest absolute Gasteiger partial charge is 0.417 e. The number of alkyl halides is 3. The highest BCUT2D eigenvalue weighted by Gasteiger charge is 2.30. The van der Waals surface area contributed by atoms with Crippen molar-refractivity contribution in [3.63, 3.8) is 0 Å². The zero-order valence-corrected chi connectivity index (χ0v) is 16.8. The highest BCUT2D eigenvalue weighted by molar-refractivity contribution is 5.67. The van der Waals surface area contributed by atoms with Crippen molar-refractivity contribution < 1.29 is 27.0 Å². The average molecular weight is 443 g/mol. The molecule has 32 heavy (non-hydrogen) atoms. The quantitative estimate of drug-likeness (QED) is 0.378. The fraction of sp³-hybridized carbons (Fsp3) is 0.130. The molecular weight excluding hydrogens is 426 g/mol. The average Bonchev–Trinajstić information content (AvgIpc) is 3.28. The molecule has 0 fully saturated rings. The first-order chi connectivity index (χ1) is 15.3. The lowest BCUT2D eigenvalue weighted by atomic mass is 10.1. The molecular formula is C23H17F4N3O2. The molecule has 164 valence electrons. The Labute approximate surface area is 180 Å². The normalized spacial score (nSPS) is 11.4. The van der Waals surface area contributed by atoms with Crippen LogP contribution in [0.4, 0.5) is 17.6 Å². The zero-order valence-electron chi connectivity index (χ0n) is 16.8. The molecule has 4 aromatic rings. The van der Waals surface area contributed by atoms with Gasteiger partial charge in [-0.25, -0.2) is 9.37 Å². The Kier molecular flexibility index (Phi) is 5.81. The number of nitrogens with zero attached hydrogens (tertiary/aromatic N) is 2. The van der Waals surface area contributed by atoms with E-state index in [9.17, 15) is 17.6 Å². The minimum Gasteiger partial charge on any atom is -0.493 e. The maximum Gasteiger partial charge on any atom is 0.417 e. The summed E-state index contributed by atoms with van der Waals surface area (Å²) in [4.78, 5) is 11.3. The molecule has 0 spiro atoms. The van der Waals surface area contributed by atoms with Gasteiger partial charge in [0.25, 0.3) is 0 Å². The van der Waals surface area contributed by atoms with Gasteiger partial charge in [-0.1, -0.05) is 0 Å². The number of ether oxygens (including phenoxy) is 2. The summed E-state index contributed by atoms with van der Waals surface area (Å²) in [7, 11) is 1.49. The van der Waals surface area contributed by atoms with Gasteiger partial charge in [0, 0.05) is 17.3 Å². The first-order valence-corrected chi connectivity index (χ1v) is 9.48. The number of hydrogen-bond acceptors (Lipinski definition) is 4. The van der Waals surface area contributed by atoms with Gasteiger partial charge in [0.15, 0.2) is 11.5 Å². The van der Waals surface area contributed by atoms with E-state index < -0.39 is 11.7 Å². The van der Waals surface area contributed by atoms with Crippen molar-refractivity contribution in [2.24, 2.45) is 0 Å². The van der Waals surface area contributed by atoms with Crippen LogP contribution in [0.15, 0.2) is 67.0 Å². The minimum absolute atomic E-state index is 0.0212. The number of methoxy groups -OCH3 is 1. The van der Waals surface area contributed by atoms with Crippen LogP contribution in [0.1, 0.15) is 11.3 Å². The van der Waals surface area contributed by atoms with Crippen molar-refractivity contribution in [1.82, 2.24) is 15.0 Å². The lowest BCUT2D eigenvalue weighted by Gasteiger charge is -2.12. The third kappa shape index (κ3) is 4.72. The van der Waals surface area contributed by atoms with Crippen LogP contribution in [0.2, 0.25) is 0 Å². The molecule has 0 aliphatic carbocycles. The van der Waals surface area contributed by atoms with Crippen LogP contribution in [0.25, 0.3) is 22.6 Å². The molecule has 2 aromatic carbocycles. The first kappa shape index (κ1) is 21.4. The number of rotatable bonds is 6. The molecule has 0 aliphatic rings. The van der Waals surface area contributed by atoms with Gasteiger partial charge in [0.2, 0.25) is 0 Å². The van der Waals surface area contributed by atoms with Gasteiger partial charge < -0.3 is 14.5 Å². The number of imidazole rings is 1. The van der Waals surface area contributed by atoms with E-state index >= 15 is 0 Å². The minimum atomic E-state index is -4.44. The van der Waals surface area contributed by atoms with Crippen LogP contribution < -0.4 is 9.47 Å². The van der Waals surface area contributed by atoms with Crippen LogP contribution in [0.3, 0.4) is 0 Å². The number of aromatic amines is 1. The van der Waals surface area contributed by atoms with Gasteiger partial charge >= 0.3 is 6.18 Å². The Morgan fingerprint density at radius 1 is 0.875 bits per heavy atom. The SMILES string of the molecule is COc1cc(-c2cnc(-c3ccc(F)cc3)[nH]2)ccc1OCc1ccc(C(F)(F)F)cn1. The van der Waals surface area contributed by atoms with Crippen molar-refractivity contribution in [2.45, 2.75) is 12.8 Å². The Hall–Kier alpha value is -3.88. The number of halogens is 4. The van der Waals surface area contributed by atoms with E-state index in [-0.39, 0.29) is 12.4 Å². The summed E-state index contributed by atoms with van der Waals surface area (Å²) in [6.45, 7) is -0.0212. The van der Waals surface area contributed by atoms with Crippen molar-refractivity contribution >= 4 is 0 Å². The molecule has 5 nitrogen and oxygen atoms in total. The molecule has 9 heteroatoms. The number of H-pyrrole nitrogens is 1.